The zero-order valence-electron chi connectivity index (χ0n) is 17.5. The van der Waals surface area contributed by atoms with E-state index in [0.717, 1.165) is 18.5 Å². The highest BCUT2D eigenvalue weighted by Gasteiger charge is 2.29. The van der Waals surface area contributed by atoms with E-state index in [1.54, 1.807) is 43.3 Å². The van der Waals surface area contributed by atoms with Gasteiger partial charge in [-0.1, -0.05) is 18.2 Å². The first-order chi connectivity index (χ1) is 15.1. The maximum atomic E-state index is 13.2. The monoisotopic (exact) mass is 420 g/mol. The Balaban J connectivity index is 1.79. The molecule has 0 aliphatic heterocycles. The van der Waals surface area contributed by atoms with Crippen LogP contribution in [0.25, 0.3) is 16.9 Å². The van der Waals surface area contributed by atoms with Gasteiger partial charge in [0, 0.05) is 18.2 Å². The lowest BCUT2D eigenvalue weighted by molar-refractivity contribution is -0.129. The van der Waals surface area contributed by atoms with Gasteiger partial charge in [0.15, 0.2) is 11.9 Å². The molecule has 1 atom stereocenters. The van der Waals surface area contributed by atoms with E-state index in [0.29, 0.717) is 35.6 Å². The summed E-state index contributed by atoms with van der Waals surface area (Å²) >= 11 is 0. The summed E-state index contributed by atoms with van der Waals surface area (Å²) in [7, 11) is 3.12. The molecule has 0 saturated heterocycles. The van der Waals surface area contributed by atoms with Crippen LogP contribution in [0.3, 0.4) is 0 Å². The second kappa shape index (κ2) is 9.04. The molecule has 0 amide bonds. The fourth-order valence-corrected chi connectivity index (χ4v) is 3.70. The fraction of sp³-hybridized carbons (Fsp3) is 0.292. The van der Waals surface area contributed by atoms with Crippen LogP contribution < -0.4 is 9.47 Å². The number of carbonyl (C=O) groups is 2. The molecule has 1 aromatic heterocycles. The molecule has 160 valence electrons. The molecule has 1 saturated carbocycles. The average Bonchev–Trinajstić information content (AvgIpc) is 3.26. The molecule has 2 aromatic carbocycles. The third-order valence-corrected chi connectivity index (χ3v) is 5.36. The van der Waals surface area contributed by atoms with Crippen LogP contribution in [0.2, 0.25) is 0 Å². The molecule has 7 heteroatoms. The summed E-state index contributed by atoms with van der Waals surface area (Å²) in [5.74, 6) is 0.534. The first kappa shape index (κ1) is 20.7. The Morgan fingerprint density at radius 1 is 1.06 bits per heavy atom. The van der Waals surface area contributed by atoms with Crippen LogP contribution >= 0.6 is 0 Å². The summed E-state index contributed by atoms with van der Waals surface area (Å²) in [6, 6.07) is 14.8. The maximum Gasteiger partial charge on any atom is 0.342 e. The number of hydrogen-bond acceptors (Lipinski definition) is 6. The largest absolute Gasteiger partial charge is 0.497 e. The minimum Gasteiger partial charge on any atom is -0.497 e. The van der Waals surface area contributed by atoms with Crippen LogP contribution in [-0.2, 0) is 9.53 Å². The SMILES string of the molecule is COc1ccc(OC)c(-c2nn(-c3ccccc3)cc2C(=O)O[C@H]2CCCCC2=O)c1. The predicted octanol–water partition coefficient (Wildman–Crippen LogP) is 4.23. The Kier molecular flexibility index (Phi) is 6.02. The Hall–Kier alpha value is -3.61. The fourth-order valence-electron chi connectivity index (χ4n) is 3.70. The van der Waals surface area contributed by atoms with Gasteiger partial charge in [0.05, 0.1) is 19.9 Å². The molecular weight excluding hydrogens is 396 g/mol. The van der Waals surface area contributed by atoms with Crippen molar-refractivity contribution in [2.75, 3.05) is 14.2 Å². The third kappa shape index (κ3) is 4.30. The van der Waals surface area contributed by atoms with Gasteiger partial charge in [-0.3, -0.25) is 4.79 Å². The van der Waals surface area contributed by atoms with Gasteiger partial charge in [-0.15, -0.1) is 0 Å². The van der Waals surface area contributed by atoms with Crippen molar-refractivity contribution in [1.29, 1.82) is 0 Å². The quantitative estimate of drug-likeness (QED) is 0.556. The topological polar surface area (TPSA) is 79.7 Å². The Bertz CT molecular complexity index is 1090. The highest BCUT2D eigenvalue weighted by Crippen LogP contribution is 2.35. The lowest BCUT2D eigenvalue weighted by Gasteiger charge is -2.20. The van der Waals surface area contributed by atoms with Gasteiger partial charge < -0.3 is 14.2 Å². The van der Waals surface area contributed by atoms with E-state index in [9.17, 15) is 9.59 Å². The van der Waals surface area contributed by atoms with Crippen LogP contribution in [0.1, 0.15) is 36.0 Å². The summed E-state index contributed by atoms with van der Waals surface area (Å²) in [4.78, 5) is 25.3. The molecule has 1 fully saturated rings. The molecule has 3 aromatic rings. The van der Waals surface area contributed by atoms with Gasteiger partial charge >= 0.3 is 5.97 Å². The van der Waals surface area contributed by atoms with E-state index in [4.69, 9.17) is 14.2 Å². The molecule has 0 spiro atoms. The number of methoxy groups -OCH3 is 2. The molecule has 0 unspecified atom stereocenters. The summed E-state index contributed by atoms with van der Waals surface area (Å²) < 4.78 is 18.1. The van der Waals surface area contributed by atoms with E-state index < -0.39 is 12.1 Å². The Morgan fingerprint density at radius 3 is 2.58 bits per heavy atom. The van der Waals surface area contributed by atoms with Crippen molar-refractivity contribution in [2.24, 2.45) is 0 Å². The highest BCUT2D eigenvalue weighted by molar-refractivity contribution is 5.98. The molecule has 1 aliphatic rings. The molecule has 0 radical (unpaired) electrons. The number of ether oxygens (including phenoxy) is 3. The second-order valence-electron chi connectivity index (χ2n) is 7.34. The normalized spacial score (nSPS) is 16.1. The van der Waals surface area contributed by atoms with Crippen LogP contribution in [0.15, 0.2) is 54.7 Å². The van der Waals surface area contributed by atoms with Gasteiger partial charge in [-0.25, -0.2) is 9.48 Å². The molecule has 7 nitrogen and oxygen atoms in total. The molecule has 0 N–H and O–H groups in total. The highest BCUT2D eigenvalue weighted by atomic mass is 16.5. The van der Waals surface area contributed by atoms with Crippen molar-refractivity contribution in [2.45, 2.75) is 31.8 Å². The molecule has 31 heavy (non-hydrogen) atoms. The number of ketones is 1. The molecule has 1 heterocycles. The number of esters is 1. The van der Waals surface area contributed by atoms with Crippen LogP contribution in [0.5, 0.6) is 11.5 Å². The first-order valence-corrected chi connectivity index (χ1v) is 10.2. The van der Waals surface area contributed by atoms with Crippen molar-refractivity contribution in [1.82, 2.24) is 9.78 Å². The molecule has 1 aliphatic carbocycles. The van der Waals surface area contributed by atoms with E-state index in [1.807, 2.05) is 30.3 Å². The average molecular weight is 420 g/mol. The van der Waals surface area contributed by atoms with Gasteiger partial charge in [0.1, 0.15) is 22.8 Å². The number of benzene rings is 2. The smallest absolute Gasteiger partial charge is 0.342 e. The summed E-state index contributed by atoms with van der Waals surface area (Å²) in [5.41, 5.74) is 2.04. The Labute approximate surface area is 180 Å². The number of nitrogens with zero attached hydrogens (tertiary/aromatic N) is 2. The zero-order valence-corrected chi connectivity index (χ0v) is 17.5. The molecular formula is C24H24N2O5. The molecule has 4 rings (SSSR count). The molecule has 0 bridgehead atoms. The van der Waals surface area contributed by atoms with Crippen molar-refractivity contribution in [3.63, 3.8) is 0 Å². The number of Topliss-reactive ketones (excluding diaryl/α,β-unsaturated/α-hetero) is 1. The second-order valence-corrected chi connectivity index (χ2v) is 7.34. The minimum absolute atomic E-state index is 0.0319. The van der Waals surface area contributed by atoms with E-state index in [1.165, 1.54) is 0 Å². The third-order valence-electron chi connectivity index (χ3n) is 5.36. The first-order valence-electron chi connectivity index (χ1n) is 10.2. The summed E-state index contributed by atoms with van der Waals surface area (Å²) in [6.07, 6.45) is 3.61. The summed E-state index contributed by atoms with van der Waals surface area (Å²) in [6.45, 7) is 0. The van der Waals surface area contributed by atoms with Gasteiger partial charge in [-0.05, 0) is 49.6 Å². The van der Waals surface area contributed by atoms with Gasteiger partial charge in [0.2, 0.25) is 0 Å². The van der Waals surface area contributed by atoms with Crippen LogP contribution in [0, 0.1) is 0 Å². The Morgan fingerprint density at radius 2 is 1.87 bits per heavy atom. The zero-order chi connectivity index (χ0) is 21.8. The lowest BCUT2D eigenvalue weighted by Crippen LogP contribution is -2.30. The number of carbonyl (C=O) groups excluding carboxylic acids is 2. The van der Waals surface area contributed by atoms with E-state index in [-0.39, 0.29) is 11.3 Å². The van der Waals surface area contributed by atoms with Crippen molar-refractivity contribution >= 4 is 11.8 Å². The van der Waals surface area contributed by atoms with Gasteiger partial charge in [-0.2, -0.15) is 5.10 Å². The van der Waals surface area contributed by atoms with Crippen molar-refractivity contribution in [3.05, 3.63) is 60.3 Å². The summed E-state index contributed by atoms with van der Waals surface area (Å²) in [5, 5.41) is 4.66. The standard InChI is InChI=1S/C24H24N2O5/c1-29-17-12-13-21(30-2)18(14-17)23-19(15-26(25-23)16-8-4-3-5-9-16)24(28)31-22-11-7-6-10-20(22)27/h3-5,8-9,12-15,22H,6-7,10-11H2,1-2H3/t22-/m0/s1. The number of aromatic nitrogens is 2. The maximum absolute atomic E-state index is 13.2. The van der Waals surface area contributed by atoms with E-state index in [2.05, 4.69) is 5.10 Å². The number of rotatable bonds is 6. The minimum atomic E-state index is -0.707. The van der Waals surface area contributed by atoms with Gasteiger partial charge in [0.25, 0.3) is 0 Å². The van der Waals surface area contributed by atoms with Crippen molar-refractivity contribution in [3.8, 4) is 28.4 Å². The van der Waals surface area contributed by atoms with Crippen LogP contribution in [0.4, 0.5) is 0 Å². The van der Waals surface area contributed by atoms with Crippen LogP contribution in [-0.4, -0.2) is 41.9 Å². The number of hydrogen-bond donors (Lipinski definition) is 0. The number of para-hydroxylation sites is 1. The van der Waals surface area contributed by atoms with Crippen molar-refractivity contribution < 1.29 is 23.8 Å². The van der Waals surface area contributed by atoms with E-state index >= 15 is 0 Å². The lowest BCUT2D eigenvalue weighted by atomic mass is 9.96. The predicted molar refractivity (Wildman–Crippen MR) is 115 cm³/mol.